The monoisotopic (exact) mass is 307 g/mol. The van der Waals surface area contributed by atoms with Crippen LogP contribution < -0.4 is 0 Å². The van der Waals surface area contributed by atoms with Gasteiger partial charge in [0, 0.05) is 11.1 Å². The van der Waals surface area contributed by atoms with Crippen LogP contribution in [0, 0.1) is 6.92 Å². The Kier molecular flexibility index (Phi) is 4.24. The van der Waals surface area contributed by atoms with Gasteiger partial charge in [-0.05, 0) is 38.1 Å². The molecule has 116 valence electrons. The highest BCUT2D eigenvalue weighted by Crippen LogP contribution is 2.26. The van der Waals surface area contributed by atoms with Gasteiger partial charge in [-0.1, -0.05) is 29.8 Å². The van der Waals surface area contributed by atoms with Gasteiger partial charge in [0.05, 0.1) is 18.4 Å². The summed E-state index contributed by atoms with van der Waals surface area (Å²) in [7, 11) is 0. The Labute approximate surface area is 134 Å². The van der Waals surface area contributed by atoms with Crippen molar-refractivity contribution in [2.75, 3.05) is 6.61 Å². The molecule has 1 aromatic heterocycles. The van der Waals surface area contributed by atoms with E-state index in [1.807, 2.05) is 31.2 Å². The highest BCUT2D eigenvalue weighted by Gasteiger charge is 2.10. The summed E-state index contributed by atoms with van der Waals surface area (Å²) in [6.45, 7) is 4.19. The molecule has 3 aromatic rings. The van der Waals surface area contributed by atoms with Crippen LogP contribution in [0.2, 0.25) is 0 Å². The summed E-state index contributed by atoms with van der Waals surface area (Å²) in [6, 6.07) is 15.1. The van der Waals surface area contributed by atoms with Crippen molar-refractivity contribution in [1.29, 1.82) is 0 Å². The molecule has 0 aliphatic rings. The lowest BCUT2D eigenvalue weighted by molar-refractivity contribution is 0.0526. The van der Waals surface area contributed by atoms with Crippen molar-refractivity contribution in [3.8, 4) is 22.8 Å². The molecular weight excluding hydrogens is 290 g/mol. The van der Waals surface area contributed by atoms with Crippen LogP contribution in [0.3, 0.4) is 0 Å². The van der Waals surface area contributed by atoms with Crippen LogP contribution >= 0.6 is 0 Å². The third-order valence-corrected chi connectivity index (χ3v) is 3.48. The molecule has 0 radical (unpaired) electrons. The number of esters is 1. The first-order valence-corrected chi connectivity index (χ1v) is 7.48. The SMILES string of the molecule is CCOC(=O)c1ccc(-c2ncc(-c3ccc(C)cc3)o2)cc1. The summed E-state index contributed by atoms with van der Waals surface area (Å²) in [5, 5.41) is 0. The Morgan fingerprint density at radius 1 is 1.04 bits per heavy atom. The Morgan fingerprint density at radius 3 is 2.35 bits per heavy atom. The minimum absolute atomic E-state index is 0.327. The molecule has 1 heterocycles. The zero-order valence-electron chi connectivity index (χ0n) is 13.1. The second-order valence-electron chi connectivity index (χ2n) is 5.19. The van der Waals surface area contributed by atoms with Gasteiger partial charge in [-0.25, -0.2) is 9.78 Å². The van der Waals surface area contributed by atoms with Crippen molar-refractivity contribution in [2.24, 2.45) is 0 Å². The molecule has 0 bridgehead atoms. The van der Waals surface area contributed by atoms with E-state index < -0.39 is 0 Å². The highest BCUT2D eigenvalue weighted by molar-refractivity contribution is 5.89. The van der Waals surface area contributed by atoms with E-state index in [4.69, 9.17) is 9.15 Å². The lowest BCUT2D eigenvalue weighted by Gasteiger charge is -2.02. The molecule has 0 unspecified atom stereocenters. The van der Waals surface area contributed by atoms with Gasteiger partial charge < -0.3 is 9.15 Å². The van der Waals surface area contributed by atoms with Gasteiger partial charge >= 0.3 is 5.97 Å². The summed E-state index contributed by atoms with van der Waals surface area (Å²) in [5.74, 6) is 0.914. The second kappa shape index (κ2) is 6.48. The van der Waals surface area contributed by atoms with Crippen LogP contribution in [0.25, 0.3) is 22.8 Å². The average molecular weight is 307 g/mol. The fraction of sp³-hybridized carbons (Fsp3) is 0.158. The maximum absolute atomic E-state index is 11.6. The van der Waals surface area contributed by atoms with E-state index in [0.717, 1.165) is 16.9 Å². The van der Waals surface area contributed by atoms with E-state index in [9.17, 15) is 4.79 Å². The molecule has 0 fully saturated rings. The molecule has 0 atom stereocenters. The first kappa shape index (κ1) is 15.0. The van der Waals surface area contributed by atoms with Gasteiger partial charge in [0.2, 0.25) is 5.89 Å². The minimum atomic E-state index is -0.327. The zero-order valence-corrected chi connectivity index (χ0v) is 13.1. The van der Waals surface area contributed by atoms with Crippen LogP contribution in [-0.4, -0.2) is 17.6 Å². The molecule has 0 saturated carbocycles. The Morgan fingerprint density at radius 2 is 1.70 bits per heavy atom. The van der Waals surface area contributed by atoms with E-state index in [0.29, 0.717) is 18.1 Å². The summed E-state index contributed by atoms with van der Waals surface area (Å²) in [6.07, 6.45) is 1.71. The Balaban J connectivity index is 1.83. The zero-order chi connectivity index (χ0) is 16.2. The lowest BCUT2D eigenvalue weighted by Crippen LogP contribution is -2.03. The lowest BCUT2D eigenvalue weighted by atomic mass is 10.1. The number of oxazole rings is 1. The van der Waals surface area contributed by atoms with E-state index >= 15 is 0 Å². The number of aryl methyl sites for hydroxylation is 1. The standard InChI is InChI=1S/C19H17NO3/c1-3-22-19(21)16-10-8-15(9-11-16)18-20-12-17(23-18)14-6-4-13(2)5-7-14/h4-12H,3H2,1-2H3. The topological polar surface area (TPSA) is 52.3 Å². The van der Waals surface area contributed by atoms with Gasteiger partial charge in [-0.15, -0.1) is 0 Å². The second-order valence-corrected chi connectivity index (χ2v) is 5.19. The normalized spacial score (nSPS) is 10.5. The molecule has 4 nitrogen and oxygen atoms in total. The number of aromatic nitrogens is 1. The van der Waals surface area contributed by atoms with E-state index in [1.165, 1.54) is 5.56 Å². The number of hydrogen-bond acceptors (Lipinski definition) is 4. The fourth-order valence-electron chi connectivity index (χ4n) is 2.22. The van der Waals surface area contributed by atoms with Gasteiger partial charge in [-0.2, -0.15) is 0 Å². The summed E-state index contributed by atoms with van der Waals surface area (Å²) < 4.78 is 10.8. The number of carbonyl (C=O) groups excluding carboxylic acids is 1. The Hall–Kier alpha value is -2.88. The number of rotatable bonds is 4. The van der Waals surface area contributed by atoms with Crippen molar-refractivity contribution >= 4 is 5.97 Å². The third kappa shape index (κ3) is 3.31. The highest BCUT2D eigenvalue weighted by atomic mass is 16.5. The molecule has 0 aliphatic heterocycles. The number of ether oxygens (including phenoxy) is 1. The van der Waals surface area contributed by atoms with Crippen molar-refractivity contribution in [3.63, 3.8) is 0 Å². The number of nitrogens with zero attached hydrogens (tertiary/aromatic N) is 1. The first-order chi connectivity index (χ1) is 11.2. The predicted octanol–water partition coefficient (Wildman–Crippen LogP) is 4.49. The van der Waals surface area contributed by atoms with Crippen molar-refractivity contribution < 1.29 is 13.9 Å². The van der Waals surface area contributed by atoms with Crippen LogP contribution in [0.4, 0.5) is 0 Å². The summed E-state index contributed by atoms with van der Waals surface area (Å²) in [4.78, 5) is 16.0. The number of carbonyl (C=O) groups is 1. The predicted molar refractivity (Wildman–Crippen MR) is 88.1 cm³/mol. The Bertz CT molecular complexity index is 801. The maximum Gasteiger partial charge on any atom is 0.338 e. The van der Waals surface area contributed by atoms with Crippen molar-refractivity contribution in [2.45, 2.75) is 13.8 Å². The maximum atomic E-state index is 11.6. The van der Waals surface area contributed by atoms with E-state index in [-0.39, 0.29) is 5.97 Å². The van der Waals surface area contributed by atoms with Crippen LogP contribution in [-0.2, 0) is 4.74 Å². The summed E-state index contributed by atoms with van der Waals surface area (Å²) >= 11 is 0. The third-order valence-electron chi connectivity index (χ3n) is 3.48. The quantitative estimate of drug-likeness (QED) is 0.666. The molecule has 0 saturated heterocycles. The molecule has 0 aliphatic carbocycles. The fourth-order valence-corrected chi connectivity index (χ4v) is 2.22. The molecule has 0 amide bonds. The van der Waals surface area contributed by atoms with Crippen molar-refractivity contribution in [3.05, 3.63) is 65.9 Å². The van der Waals surface area contributed by atoms with Gasteiger partial charge in [0.15, 0.2) is 5.76 Å². The minimum Gasteiger partial charge on any atom is -0.462 e. The molecule has 2 aromatic carbocycles. The number of hydrogen-bond donors (Lipinski definition) is 0. The van der Waals surface area contributed by atoms with Crippen molar-refractivity contribution in [1.82, 2.24) is 4.98 Å². The summed E-state index contributed by atoms with van der Waals surface area (Å²) in [5.41, 5.74) is 3.51. The molecule has 4 heteroatoms. The molecule has 3 rings (SSSR count). The molecule has 23 heavy (non-hydrogen) atoms. The largest absolute Gasteiger partial charge is 0.462 e. The molecule has 0 spiro atoms. The number of benzene rings is 2. The van der Waals surface area contributed by atoms with Crippen LogP contribution in [0.5, 0.6) is 0 Å². The van der Waals surface area contributed by atoms with E-state index in [2.05, 4.69) is 4.98 Å². The van der Waals surface area contributed by atoms with Gasteiger partial charge in [0.25, 0.3) is 0 Å². The molecular formula is C19H17NO3. The van der Waals surface area contributed by atoms with E-state index in [1.54, 1.807) is 37.4 Å². The average Bonchev–Trinajstić information content (AvgIpc) is 3.06. The van der Waals surface area contributed by atoms with Gasteiger partial charge in [0.1, 0.15) is 0 Å². The van der Waals surface area contributed by atoms with Crippen LogP contribution in [0.1, 0.15) is 22.8 Å². The molecule has 0 N–H and O–H groups in total. The van der Waals surface area contributed by atoms with Gasteiger partial charge in [-0.3, -0.25) is 0 Å². The van der Waals surface area contributed by atoms with Crippen LogP contribution in [0.15, 0.2) is 59.1 Å². The smallest absolute Gasteiger partial charge is 0.338 e. The first-order valence-electron chi connectivity index (χ1n) is 7.48.